The minimum absolute atomic E-state index is 0.145. The third kappa shape index (κ3) is 3.57. The Balaban J connectivity index is 1.09. The van der Waals surface area contributed by atoms with Gasteiger partial charge in [0.2, 0.25) is 0 Å². The Labute approximate surface area is 336 Å². The highest BCUT2D eigenvalue weighted by atomic mass is 14.4. The topological polar surface area (TPSA) is 0 Å². The van der Waals surface area contributed by atoms with E-state index in [0.717, 1.165) is 0 Å². The highest BCUT2D eigenvalue weighted by Crippen LogP contribution is 2.58. The fourth-order valence-corrected chi connectivity index (χ4v) is 12.2. The zero-order valence-corrected chi connectivity index (χ0v) is 33.0. The largest absolute Gasteiger partial charge is 0.0616 e. The molecule has 0 saturated heterocycles. The summed E-state index contributed by atoms with van der Waals surface area (Å²) in [6, 6.07) is 60.9. The zero-order valence-electron chi connectivity index (χ0n) is 33.0. The summed E-state index contributed by atoms with van der Waals surface area (Å²) in [5.41, 5.74) is 11.0. The minimum atomic E-state index is -0.145. The number of hydrogen-bond donors (Lipinski definition) is 0. The molecule has 0 nitrogen and oxygen atoms in total. The van der Waals surface area contributed by atoms with Crippen LogP contribution < -0.4 is 0 Å². The van der Waals surface area contributed by atoms with Crippen LogP contribution in [0.1, 0.15) is 49.9 Å². The van der Waals surface area contributed by atoms with Gasteiger partial charge in [-0.1, -0.05) is 149 Å². The van der Waals surface area contributed by atoms with Gasteiger partial charge in [-0.3, -0.25) is 0 Å². The van der Waals surface area contributed by atoms with E-state index in [1.54, 1.807) is 0 Å². The van der Waals surface area contributed by atoms with E-state index in [0.29, 0.717) is 0 Å². The lowest BCUT2D eigenvalue weighted by atomic mass is 9.78. The summed E-state index contributed by atoms with van der Waals surface area (Å²) < 4.78 is 0. The number of benzene rings is 12. The van der Waals surface area contributed by atoms with E-state index in [9.17, 15) is 0 Å². The monoisotopic (exact) mass is 734 g/mol. The normalized spacial score (nSPS) is 15.2. The lowest BCUT2D eigenvalue weighted by molar-refractivity contribution is 0.662. The van der Waals surface area contributed by atoms with Gasteiger partial charge >= 0.3 is 0 Å². The van der Waals surface area contributed by atoms with Gasteiger partial charge in [0.25, 0.3) is 0 Å². The van der Waals surface area contributed by atoms with Crippen LogP contribution in [0, 0.1) is 0 Å². The highest BCUT2D eigenvalue weighted by Gasteiger charge is 2.40. The second kappa shape index (κ2) is 10.2. The number of rotatable bonds is 0. The van der Waals surface area contributed by atoms with Crippen LogP contribution in [-0.2, 0) is 10.8 Å². The molecule has 0 heterocycles. The number of hydrogen-bond acceptors (Lipinski definition) is 0. The minimum Gasteiger partial charge on any atom is -0.0616 e. The van der Waals surface area contributed by atoms with Crippen LogP contribution in [0.4, 0.5) is 0 Å². The van der Waals surface area contributed by atoms with E-state index >= 15 is 0 Å². The first kappa shape index (κ1) is 31.3. The van der Waals surface area contributed by atoms with Crippen molar-refractivity contribution in [1.29, 1.82) is 0 Å². The first-order chi connectivity index (χ1) is 28.3. The van der Waals surface area contributed by atoms with Crippen molar-refractivity contribution in [2.24, 2.45) is 0 Å². The molecule has 58 heavy (non-hydrogen) atoms. The van der Waals surface area contributed by atoms with Crippen molar-refractivity contribution in [3.05, 3.63) is 180 Å². The molecule has 12 aromatic rings. The molecule has 0 fully saturated rings. The smallest absolute Gasteiger partial charge is 0.0159 e. The van der Waals surface area contributed by atoms with Crippen molar-refractivity contribution in [3.63, 3.8) is 0 Å². The fraction of sp³-hybridized carbons (Fsp3) is 0.103. The van der Waals surface area contributed by atoms with Crippen LogP contribution in [0.2, 0.25) is 0 Å². The molecule has 14 rings (SSSR count). The maximum absolute atomic E-state index is 2.54. The van der Waals surface area contributed by atoms with E-state index in [1.165, 1.54) is 141 Å². The van der Waals surface area contributed by atoms with Gasteiger partial charge in [0.15, 0.2) is 0 Å². The van der Waals surface area contributed by atoms with E-state index in [-0.39, 0.29) is 10.8 Å². The molecule has 2 aliphatic carbocycles. The molecule has 12 aromatic carbocycles. The fourth-order valence-electron chi connectivity index (χ4n) is 12.2. The van der Waals surface area contributed by atoms with E-state index in [1.807, 2.05) is 0 Å². The number of fused-ring (bicyclic) bond motifs is 20. The molecular formula is C58H38. The van der Waals surface area contributed by atoms with Crippen molar-refractivity contribution >= 4 is 97.0 Å². The quantitative estimate of drug-likeness (QED) is 0.136. The second-order valence-corrected chi connectivity index (χ2v) is 18.3. The van der Waals surface area contributed by atoms with Gasteiger partial charge in [-0.2, -0.15) is 0 Å². The SMILES string of the molecule is CC1(C)c2cc3c4ccccc4c4ccccc4c3cc2-c2c1cc1ccc3c4c(cc5ccc2c1c53)C(C)(C)c1cc2c3ccccc3c3ccccc3c2cc1-4. The molecule has 0 bridgehead atoms. The van der Waals surface area contributed by atoms with Gasteiger partial charge < -0.3 is 0 Å². The zero-order chi connectivity index (χ0) is 38.4. The van der Waals surface area contributed by atoms with Gasteiger partial charge in [0.05, 0.1) is 0 Å². The molecular weight excluding hydrogens is 697 g/mol. The van der Waals surface area contributed by atoms with E-state index in [2.05, 4.69) is 185 Å². The lowest BCUT2D eigenvalue weighted by Crippen LogP contribution is -2.15. The van der Waals surface area contributed by atoms with E-state index in [4.69, 9.17) is 0 Å². The van der Waals surface area contributed by atoms with Crippen LogP contribution in [0.5, 0.6) is 0 Å². The summed E-state index contributed by atoms with van der Waals surface area (Å²) in [6.45, 7) is 9.75. The van der Waals surface area contributed by atoms with Crippen LogP contribution in [0.3, 0.4) is 0 Å². The predicted molar refractivity (Wildman–Crippen MR) is 250 cm³/mol. The Morgan fingerprint density at radius 1 is 0.259 bits per heavy atom. The maximum atomic E-state index is 2.54. The summed E-state index contributed by atoms with van der Waals surface area (Å²) in [5.74, 6) is 0. The lowest BCUT2D eigenvalue weighted by Gasteiger charge is -2.24. The van der Waals surface area contributed by atoms with E-state index < -0.39 is 0 Å². The molecule has 0 atom stereocenters. The summed E-state index contributed by atoms with van der Waals surface area (Å²) in [4.78, 5) is 0. The molecule has 0 unspecified atom stereocenters. The molecule has 0 saturated carbocycles. The Kier molecular flexibility index (Phi) is 5.52. The molecule has 0 N–H and O–H groups in total. The Morgan fingerprint density at radius 3 is 0.879 bits per heavy atom. The summed E-state index contributed by atoms with van der Waals surface area (Å²) >= 11 is 0. The molecule has 0 heteroatoms. The maximum Gasteiger partial charge on any atom is 0.0159 e. The third-order valence-corrected chi connectivity index (χ3v) is 14.9. The molecule has 0 aliphatic heterocycles. The molecule has 0 radical (unpaired) electrons. The molecule has 270 valence electrons. The third-order valence-electron chi connectivity index (χ3n) is 14.9. The first-order valence-corrected chi connectivity index (χ1v) is 20.8. The van der Waals surface area contributed by atoms with Crippen LogP contribution in [0.25, 0.3) is 119 Å². The summed E-state index contributed by atoms with van der Waals surface area (Å²) in [5, 5.41) is 24.2. The van der Waals surface area contributed by atoms with Gasteiger partial charge in [0, 0.05) is 10.8 Å². The Bertz CT molecular complexity index is 3630. The van der Waals surface area contributed by atoms with Gasteiger partial charge in [-0.25, -0.2) is 0 Å². The van der Waals surface area contributed by atoms with Crippen LogP contribution >= 0.6 is 0 Å². The van der Waals surface area contributed by atoms with Crippen LogP contribution in [0.15, 0.2) is 158 Å². The second-order valence-electron chi connectivity index (χ2n) is 18.3. The standard InChI is InChI=1S/C58H38/c1-57(2)49-29-45-39-19-11-7-15-35(39)33-13-5-9-17-37(33)43(45)27-47(49)55-41-23-22-32-26-52-56(42-24-21-31(25-51(55)57)53(41)54(32)42)48-28-44-38-18-10-6-14-34(38)36-16-8-12-20-40(36)46(44)30-50(48)58(52,3)4/h5-30H,1-4H3. The van der Waals surface area contributed by atoms with Crippen molar-refractivity contribution < 1.29 is 0 Å². The van der Waals surface area contributed by atoms with Gasteiger partial charge in [0.1, 0.15) is 0 Å². The van der Waals surface area contributed by atoms with Crippen molar-refractivity contribution in [3.8, 4) is 22.3 Å². The average molecular weight is 735 g/mol. The van der Waals surface area contributed by atoms with Crippen molar-refractivity contribution in [1.82, 2.24) is 0 Å². The van der Waals surface area contributed by atoms with Crippen molar-refractivity contribution in [2.75, 3.05) is 0 Å². The summed E-state index contributed by atoms with van der Waals surface area (Å²) in [7, 11) is 0. The molecule has 0 aromatic heterocycles. The first-order valence-electron chi connectivity index (χ1n) is 20.8. The average Bonchev–Trinajstić information content (AvgIpc) is 3.62. The predicted octanol–water partition coefficient (Wildman–Crippen LogP) is 16.1. The van der Waals surface area contributed by atoms with Crippen LogP contribution in [-0.4, -0.2) is 0 Å². The molecule has 2 aliphatic rings. The van der Waals surface area contributed by atoms with Crippen molar-refractivity contribution in [2.45, 2.75) is 38.5 Å². The summed E-state index contributed by atoms with van der Waals surface area (Å²) in [6.07, 6.45) is 0. The Morgan fingerprint density at radius 2 is 0.552 bits per heavy atom. The van der Waals surface area contributed by atoms with Gasteiger partial charge in [-0.05, 0) is 178 Å². The molecule has 0 amide bonds. The van der Waals surface area contributed by atoms with Gasteiger partial charge in [-0.15, -0.1) is 0 Å². The Hall–Kier alpha value is -6.76. The molecule has 0 spiro atoms. The highest BCUT2D eigenvalue weighted by molar-refractivity contribution is 6.32.